The number of benzene rings is 1. The Morgan fingerprint density at radius 2 is 1.84 bits per heavy atom. The summed E-state index contributed by atoms with van der Waals surface area (Å²) < 4.78 is 27.6. The SMILES string of the molecule is O=C(NCC1CCCCC1)c1ccccc1NS(=O)(=O)c1cccs1. The maximum atomic E-state index is 12.5. The maximum Gasteiger partial charge on any atom is 0.271 e. The molecule has 1 fully saturated rings. The smallest absolute Gasteiger partial charge is 0.271 e. The highest BCUT2D eigenvalue weighted by molar-refractivity contribution is 7.94. The van der Waals surface area contributed by atoms with Crippen molar-refractivity contribution in [3.05, 3.63) is 47.3 Å². The lowest BCUT2D eigenvalue weighted by Gasteiger charge is -2.22. The summed E-state index contributed by atoms with van der Waals surface area (Å²) in [6.07, 6.45) is 6.01. The lowest BCUT2D eigenvalue weighted by atomic mass is 9.89. The Morgan fingerprint density at radius 1 is 1.08 bits per heavy atom. The van der Waals surface area contributed by atoms with Crippen LogP contribution in [0.2, 0.25) is 0 Å². The van der Waals surface area contributed by atoms with Gasteiger partial charge in [0.05, 0.1) is 11.3 Å². The molecule has 0 bridgehead atoms. The number of rotatable bonds is 6. The van der Waals surface area contributed by atoms with Gasteiger partial charge >= 0.3 is 0 Å². The zero-order chi connectivity index (χ0) is 17.7. The first-order valence-corrected chi connectivity index (χ1v) is 10.9. The minimum Gasteiger partial charge on any atom is -0.352 e. The second-order valence-electron chi connectivity index (χ2n) is 6.30. The third kappa shape index (κ3) is 4.61. The van der Waals surface area contributed by atoms with Gasteiger partial charge in [-0.15, -0.1) is 11.3 Å². The Kier molecular flexibility index (Phi) is 5.75. The van der Waals surface area contributed by atoms with Crippen molar-refractivity contribution in [1.29, 1.82) is 0 Å². The van der Waals surface area contributed by atoms with Crippen LogP contribution >= 0.6 is 11.3 Å². The fraction of sp³-hybridized carbons (Fsp3) is 0.389. The number of nitrogens with one attached hydrogen (secondary N) is 2. The molecule has 1 aliphatic carbocycles. The van der Waals surface area contributed by atoms with Gasteiger partial charge in [0.15, 0.2) is 0 Å². The van der Waals surface area contributed by atoms with E-state index in [2.05, 4.69) is 10.0 Å². The molecule has 2 aromatic rings. The van der Waals surface area contributed by atoms with Crippen LogP contribution in [-0.4, -0.2) is 20.9 Å². The summed E-state index contributed by atoms with van der Waals surface area (Å²) in [5.41, 5.74) is 0.649. The molecule has 1 heterocycles. The number of amides is 1. The highest BCUT2D eigenvalue weighted by Gasteiger charge is 2.20. The zero-order valence-corrected chi connectivity index (χ0v) is 15.5. The summed E-state index contributed by atoms with van der Waals surface area (Å²) in [4.78, 5) is 12.5. The monoisotopic (exact) mass is 378 g/mol. The second-order valence-corrected chi connectivity index (χ2v) is 9.15. The molecule has 0 unspecified atom stereocenters. The molecular weight excluding hydrogens is 356 g/mol. The average Bonchev–Trinajstić information content (AvgIpc) is 3.16. The third-order valence-electron chi connectivity index (χ3n) is 4.45. The quantitative estimate of drug-likeness (QED) is 0.801. The van der Waals surface area contributed by atoms with E-state index in [1.807, 2.05) is 0 Å². The number of thiophene rings is 1. The van der Waals surface area contributed by atoms with Gasteiger partial charge in [-0.25, -0.2) is 8.42 Å². The van der Waals surface area contributed by atoms with E-state index in [1.165, 1.54) is 19.3 Å². The van der Waals surface area contributed by atoms with Crippen molar-refractivity contribution in [2.24, 2.45) is 5.92 Å². The summed E-state index contributed by atoms with van der Waals surface area (Å²) in [5.74, 6) is 0.280. The minimum atomic E-state index is -3.67. The summed E-state index contributed by atoms with van der Waals surface area (Å²) in [6, 6.07) is 9.92. The first kappa shape index (κ1) is 17.9. The molecule has 0 radical (unpaired) electrons. The fourth-order valence-corrected chi connectivity index (χ4v) is 5.18. The molecule has 134 valence electrons. The van der Waals surface area contributed by atoms with E-state index in [4.69, 9.17) is 0 Å². The molecule has 0 saturated heterocycles. The standard InChI is InChI=1S/C18H22N2O3S2/c21-18(19-13-14-7-2-1-3-8-14)15-9-4-5-10-16(15)20-25(22,23)17-11-6-12-24-17/h4-6,9-12,14,20H,1-3,7-8,13H2,(H,19,21). The summed E-state index contributed by atoms with van der Waals surface area (Å²) in [6.45, 7) is 0.644. The van der Waals surface area contributed by atoms with Crippen molar-refractivity contribution < 1.29 is 13.2 Å². The topological polar surface area (TPSA) is 75.3 Å². The zero-order valence-electron chi connectivity index (χ0n) is 13.9. The van der Waals surface area contributed by atoms with Crippen LogP contribution in [0.15, 0.2) is 46.0 Å². The fourth-order valence-electron chi connectivity index (χ4n) is 3.11. The molecule has 1 aromatic heterocycles. The summed E-state index contributed by atoms with van der Waals surface area (Å²) in [7, 11) is -3.67. The van der Waals surface area contributed by atoms with E-state index >= 15 is 0 Å². The van der Waals surface area contributed by atoms with Crippen molar-refractivity contribution >= 4 is 33.0 Å². The van der Waals surface area contributed by atoms with Crippen LogP contribution in [-0.2, 0) is 10.0 Å². The van der Waals surface area contributed by atoms with Gasteiger partial charge in [0.2, 0.25) is 0 Å². The molecule has 1 aliphatic rings. The highest BCUT2D eigenvalue weighted by atomic mass is 32.2. The van der Waals surface area contributed by atoms with Crippen LogP contribution in [0.3, 0.4) is 0 Å². The van der Waals surface area contributed by atoms with Crippen molar-refractivity contribution in [2.45, 2.75) is 36.3 Å². The van der Waals surface area contributed by atoms with Gasteiger partial charge in [0.1, 0.15) is 4.21 Å². The van der Waals surface area contributed by atoms with Gasteiger partial charge in [-0.2, -0.15) is 0 Å². The summed E-state index contributed by atoms with van der Waals surface area (Å²) >= 11 is 1.14. The normalized spacial score (nSPS) is 15.7. The Balaban J connectivity index is 1.71. The van der Waals surface area contributed by atoms with Crippen molar-refractivity contribution in [3.63, 3.8) is 0 Å². The number of carbonyl (C=O) groups excluding carboxylic acids is 1. The number of hydrogen-bond acceptors (Lipinski definition) is 4. The van der Waals surface area contributed by atoms with Gasteiger partial charge in [0, 0.05) is 6.54 Å². The van der Waals surface area contributed by atoms with Gasteiger partial charge in [0.25, 0.3) is 15.9 Å². The van der Waals surface area contributed by atoms with Crippen LogP contribution in [0.5, 0.6) is 0 Å². The molecule has 5 nitrogen and oxygen atoms in total. The Hall–Kier alpha value is -1.86. The van der Waals surface area contributed by atoms with Crippen LogP contribution < -0.4 is 10.0 Å². The molecule has 25 heavy (non-hydrogen) atoms. The molecule has 1 aromatic carbocycles. The maximum absolute atomic E-state index is 12.5. The Morgan fingerprint density at radius 3 is 2.56 bits per heavy atom. The van der Waals surface area contributed by atoms with Gasteiger partial charge in [-0.05, 0) is 42.3 Å². The average molecular weight is 379 g/mol. The summed E-state index contributed by atoms with van der Waals surface area (Å²) in [5, 5.41) is 4.66. The molecule has 0 spiro atoms. The van der Waals surface area contributed by atoms with E-state index < -0.39 is 10.0 Å². The van der Waals surface area contributed by atoms with Gasteiger partial charge in [-0.1, -0.05) is 37.5 Å². The lowest BCUT2D eigenvalue weighted by molar-refractivity contribution is 0.0944. The number of sulfonamides is 1. The molecule has 0 aliphatic heterocycles. The van der Waals surface area contributed by atoms with Crippen molar-refractivity contribution in [1.82, 2.24) is 5.32 Å². The molecule has 7 heteroatoms. The second kappa shape index (κ2) is 8.01. The first-order chi connectivity index (χ1) is 12.1. The van der Waals surface area contributed by atoms with Gasteiger partial charge in [-0.3, -0.25) is 9.52 Å². The predicted molar refractivity (Wildman–Crippen MR) is 100 cm³/mol. The molecule has 1 saturated carbocycles. The van der Waals surface area contributed by atoms with E-state index in [0.717, 1.165) is 24.2 Å². The Bertz CT molecular complexity index is 811. The molecule has 1 amide bonds. The number of hydrogen-bond donors (Lipinski definition) is 2. The molecule has 0 atom stereocenters. The number of para-hydroxylation sites is 1. The van der Waals surface area contributed by atoms with Crippen LogP contribution in [0.25, 0.3) is 0 Å². The van der Waals surface area contributed by atoms with Crippen LogP contribution in [0, 0.1) is 5.92 Å². The van der Waals surface area contributed by atoms with Gasteiger partial charge < -0.3 is 5.32 Å². The molecule has 2 N–H and O–H groups in total. The highest BCUT2D eigenvalue weighted by Crippen LogP contribution is 2.24. The first-order valence-electron chi connectivity index (χ1n) is 8.50. The van der Waals surface area contributed by atoms with Crippen LogP contribution in [0.1, 0.15) is 42.5 Å². The van der Waals surface area contributed by atoms with E-state index in [1.54, 1.807) is 41.8 Å². The van der Waals surface area contributed by atoms with E-state index in [0.29, 0.717) is 23.7 Å². The minimum absolute atomic E-state index is 0.227. The lowest BCUT2D eigenvalue weighted by Crippen LogP contribution is -2.31. The molecule has 3 rings (SSSR count). The predicted octanol–water partition coefficient (Wildman–Crippen LogP) is 3.86. The number of anilines is 1. The van der Waals surface area contributed by atoms with E-state index in [9.17, 15) is 13.2 Å². The number of carbonyl (C=O) groups is 1. The largest absolute Gasteiger partial charge is 0.352 e. The molecular formula is C18H22N2O3S2. The third-order valence-corrected chi connectivity index (χ3v) is 7.21. The van der Waals surface area contributed by atoms with E-state index in [-0.39, 0.29) is 10.1 Å². The van der Waals surface area contributed by atoms with Crippen LogP contribution in [0.4, 0.5) is 5.69 Å². The van der Waals surface area contributed by atoms with Crippen molar-refractivity contribution in [2.75, 3.05) is 11.3 Å². The Labute approximate surface area is 152 Å². The van der Waals surface area contributed by atoms with Crippen molar-refractivity contribution in [3.8, 4) is 0 Å².